The zero-order valence-electron chi connectivity index (χ0n) is 11.2. The highest BCUT2D eigenvalue weighted by Crippen LogP contribution is 2.28. The molecular formula is C16H17ClN2S. The number of thiophene rings is 1. The summed E-state index contributed by atoms with van der Waals surface area (Å²) in [7, 11) is 0. The largest absolute Gasteiger partial charge is 0.312 e. The van der Waals surface area contributed by atoms with E-state index < -0.39 is 0 Å². The molecule has 0 saturated carbocycles. The number of hydrogen-bond acceptors (Lipinski definition) is 3. The van der Waals surface area contributed by atoms with Crippen LogP contribution in [0.4, 0.5) is 0 Å². The van der Waals surface area contributed by atoms with Crippen LogP contribution in [0.3, 0.4) is 0 Å². The van der Waals surface area contributed by atoms with E-state index in [1.165, 1.54) is 15.3 Å². The van der Waals surface area contributed by atoms with Crippen LogP contribution in [0, 0.1) is 11.3 Å². The summed E-state index contributed by atoms with van der Waals surface area (Å²) in [6.45, 7) is 1.86. The molecule has 0 bridgehead atoms. The predicted octanol–water partition coefficient (Wildman–Crippen LogP) is 4.85. The summed E-state index contributed by atoms with van der Waals surface area (Å²) in [5, 5.41) is 12.6. The van der Waals surface area contributed by atoms with E-state index in [2.05, 4.69) is 23.5 Å². The lowest BCUT2D eigenvalue weighted by atomic mass is 10.2. The lowest BCUT2D eigenvalue weighted by Gasteiger charge is -2.01. The van der Waals surface area contributed by atoms with Gasteiger partial charge in [0, 0.05) is 27.7 Å². The van der Waals surface area contributed by atoms with Crippen molar-refractivity contribution in [3.63, 3.8) is 0 Å². The smallest absolute Gasteiger partial charge is 0.0621 e. The molecule has 0 aliphatic rings. The maximum absolute atomic E-state index is 8.45. The van der Waals surface area contributed by atoms with Gasteiger partial charge >= 0.3 is 0 Å². The Morgan fingerprint density at radius 2 is 1.90 bits per heavy atom. The van der Waals surface area contributed by atoms with Crippen LogP contribution in [0.2, 0.25) is 5.02 Å². The highest BCUT2D eigenvalue weighted by atomic mass is 35.5. The summed E-state index contributed by atoms with van der Waals surface area (Å²) in [6.07, 6.45) is 2.69. The minimum atomic E-state index is 0.654. The molecule has 0 aliphatic carbocycles. The van der Waals surface area contributed by atoms with E-state index in [1.54, 1.807) is 11.3 Å². The van der Waals surface area contributed by atoms with Gasteiger partial charge in [-0.3, -0.25) is 0 Å². The Morgan fingerprint density at radius 1 is 1.10 bits per heavy atom. The Balaban J connectivity index is 1.80. The molecular weight excluding hydrogens is 288 g/mol. The highest BCUT2D eigenvalue weighted by molar-refractivity contribution is 7.15. The summed E-state index contributed by atoms with van der Waals surface area (Å²) < 4.78 is 0. The first-order valence-corrected chi connectivity index (χ1v) is 7.91. The van der Waals surface area contributed by atoms with Gasteiger partial charge in [0.2, 0.25) is 0 Å². The third kappa shape index (κ3) is 4.64. The van der Waals surface area contributed by atoms with Crippen LogP contribution in [0.1, 0.15) is 24.1 Å². The second-order valence-electron chi connectivity index (χ2n) is 4.56. The molecule has 4 heteroatoms. The van der Waals surface area contributed by atoms with Crippen LogP contribution < -0.4 is 5.32 Å². The number of rotatable bonds is 7. The van der Waals surface area contributed by atoms with Gasteiger partial charge in [-0.1, -0.05) is 23.7 Å². The summed E-state index contributed by atoms with van der Waals surface area (Å²) in [6, 6.07) is 14.4. The minimum absolute atomic E-state index is 0.654. The van der Waals surface area contributed by atoms with Crippen LogP contribution >= 0.6 is 22.9 Å². The molecule has 0 spiro atoms. The molecule has 2 rings (SSSR count). The van der Waals surface area contributed by atoms with Gasteiger partial charge < -0.3 is 5.32 Å². The molecule has 20 heavy (non-hydrogen) atoms. The quantitative estimate of drug-likeness (QED) is 0.742. The van der Waals surface area contributed by atoms with Crippen molar-refractivity contribution in [2.75, 3.05) is 6.54 Å². The molecule has 0 unspecified atom stereocenters. The molecule has 0 atom stereocenters. The van der Waals surface area contributed by atoms with Crippen molar-refractivity contribution >= 4 is 22.9 Å². The number of nitrogens with one attached hydrogen (secondary N) is 1. The van der Waals surface area contributed by atoms with Crippen molar-refractivity contribution in [2.45, 2.75) is 25.8 Å². The number of halogens is 1. The van der Waals surface area contributed by atoms with Gasteiger partial charge in [0.25, 0.3) is 0 Å². The zero-order valence-corrected chi connectivity index (χ0v) is 12.8. The Morgan fingerprint density at radius 3 is 2.65 bits per heavy atom. The number of hydrogen-bond donors (Lipinski definition) is 1. The minimum Gasteiger partial charge on any atom is -0.312 e. The highest BCUT2D eigenvalue weighted by Gasteiger charge is 2.02. The Bertz CT molecular complexity index is 569. The first-order chi connectivity index (χ1) is 9.79. The van der Waals surface area contributed by atoms with Crippen molar-refractivity contribution in [1.29, 1.82) is 5.26 Å². The molecule has 0 amide bonds. The fourth-order valence-electron chi connectivity index (χ4n) is 1.91. The molecule has 2 nitrogen and oxygen atoms in total. The zero-order chi connectivity index (χ0) is 14.2. The third-order valence-corrected chi connectivity index (χ3v) is 4.37. The molecule has 1 aromatic carbocycles. The first-order valence-electron chi connectivity index (χ1n) is 6.72. The third-order valence-electron chi connectivity index (χ3n) is 2.98. The van der Waals surface area contributed by atoms with Gasteiger partial charge in [0.1, 0.15) is 0 Å². The molecule has 2 aromatic rings. The lowest BCUT2D eigenvalue weighted by molar-refractivity contribution is 0.632. The second kappa shape index (κ2) is 8.06. The molecule has 0 radical (unpaired) electrons. The van der Waals surface area contributed by atoms with Crippen LogP contribution in [0.25, 0.3) is 10.4 Å². The predicted molar refractivity (Wildman–Crippen MR) is 85.9 cm³/mol. The average Bonchev–Trinajstić information content (AvgIpc) is 2.92. The average molecular weight is 305 g/mol. The van der Waals surface area contributed by atoms with Crippen LogP contribution in [0.5, 0.6) is 0 Å². The topological polar surface area (TPSA) is 35.8 Å². The number of nitriles is 1. The fourth-order valence-corrected chi connectivity index (χ4v) is 3.02. The first kappa shape index (κ1) is 15.1. The molecule has 1 aromatic heterocycles. The maximum Gasteiger partial charge on any atom is 0.0621 e. The van der Waals surface area contributed by atoms with Gasteiger partial charge in [-0.15, -0.1) is 11.3 Å². The Hall–Kier alpha value is -1.34. The van der Waals surface area contributed by atoms with Gasteiger partial charge in [0.15, 0.2) is 0 Å². The van der Waals surface area contributed by atoms with Crippen LogP contribution in [-0.2, 0) is 6.54 Å². The standard InChI is InChI=1S/C16H17ClN2S/c17-14-6-4-13(5-7-14)16-9-8-15(20-16)12-19-11-3-1-2-10-18/h4-9,19H,1-3,11-12H2. The van der Waals surface area contributed by atoms with E-state index in [0.29, 0.717) is 6.42 Å². The van der Waals surface area contributed by atoms with E-state index in [4.69, 9.17) is 16.9 Å². The van der Waals surface area contributed by atoms with E-state index in [-0.39, 0.29) is 0 Å². The van der Waals surface area contributed by atoms with Crippen LogP contribution in [-0.4, -0.2) is 6.54 Å². The normalized spacial score (nSPS) is 10.4. The lowest BCUT2D eigenvalue weighted by Crippen LogP contribution is -2.13. The SMILES string of the molecule is N#CCCCCNCc1ccc(-c2ccc(Cl)cc2)s1. The Labute approximate surface area is 129 Å². The van der Waals surface area contributed by atoms with Gasteiger partial charge in [0.05, 0.1) is 6.07 Å². The number of benzene rings is 1. The summed E-state index contributed by atoms with van der Waals surface area (Å²) in [5.74, 6) is 0. The van der Waals surface area contributed by atoms with Crippen molar-refractivity contribution < 1.29 is 0 Å². The van der Waals surface area contributed by atoms with E-state index >= 15 is 0 Å². The maximum atomic E-state index is 8.45. The Kier molecular flexibility index (Phi) is 6.07. The van der Waals surface area contributed by atoms with Crippen molar-refractivity contribution in [3.8, 4) is 16.5 Å². The van der Waals surface area contributed by atoms with E-state index in [1.807, 2.05) is 24.3 Å². The molecule has 0 aliphatic heterocycles. The van der Waals surface area contributed by atoms with Gasteiger partial charge in [-0.2, -0.15) is 5.26 Å². The van der Waals surface area contributed by atoms with Gasteiger partial charge in [-0.25, -0.2) is 0 Å². The van der Waals surface area contributed by atoms with Crippen molar-refractivity contribution in [2.24, 2.45) is 0 Å². The number of nitrogens with zero attached hydrogens (tertiary/aromatic N) is 1. The molecule has 1 heterocycles. The molecule has 0 saturated heterocycles. The fraction of sp³-hybridized carbons (Fsp3) is 0.312. The van der Waals surface area contributed by atoms with Crippen molar-refractivity contribution in [1.82, 2.24) is 5.32 Å². The second-order valence-corrected chi connectivity index (χ2v) is 6.17. The van der Waals surface area contributed by atoms with Crippen molar-refractivity contribution in [3.05, 3.63) is 46.3 Å². The summed E-state index contributed by atoms with van der Waals surface area (Å²) in [5.41, 5.74) is 1.21. The monoisotopic (exact) mass is 304 g/mol. The van der Waals surface area contributed by atoms with Gasteiger partial charge in [-0.05, 0) is 49.2 Å². The van der Waals surface area contributed by atoms with E-state index in [0.717, 1.165) is 31.0 Å². The molecule has 0 fully saturated rings. The molecule has 1 N–H and O–H groups in total. The van der Waals surface area contributed by atoms with Crippen LogP contribution in [0.15, 0.2) is 36.4 Å². The van der Waals surface area contributed by atoms with E-state index in [9.17, 15) is 0 Å². The number of unbranched alkanes of at least 4 members (excludes halogenated alkanes) is 2. The molecule has 104 valence electrons. The summed E-state index contributed by atoms with van der Waals surface area (Å²) >= 11 is 7.70. The summed E-state index contributed by atoms with van der Waals surface area (Å²) in [4.78, 5) is 2.60.